The minimum absolute atomic E-state index is 0.202. The SMILES string of the molecule is CCC(Oc1cc(Br)cc(F)c1F)/C(N)=N/O. The van der Waals surface area contributed by atoms with Gasteiger partial charge in [-0.15, -0.1) is 0 Å². The number of hydrogen-bond acceptors (Lipinski definition) is 3. The lowest BCUT2D eigenvalue weighted by molar-refractivity contribution is 0.234. The first-order valence-electron chi connectivity index (χ1n) is 4.78. The van der Waals surface area contributed by atoms with Gasteiger partial charge in [0.25, 0.3) is 0 Å². The summed E-state index contributed by atoms with van der Waals surface area (Å²) in [6.07, 6.45) is -0.466. The molecule has 0 aliphatic heterocycles. The Labute approximate surface area is 105 Å². The maximum absolute atomic E-state index is 13.4. The molecule has 94 valence electrons. The van der Waals surface area contributed by atoms with Crippen molar-refractivity contribution < 1.29 is 18.7 Å². The van der Waals surface area contributed by atoms with Crippen molar-refractivity contribution in [2.24, 2.45) is 10.9 Å². The summed E-state index contributed by atoms with van der Waals surface area (Å²) in [5, 5.41) is 11.3. The second kappa shape index (κ2) is 5.81. The Morgan fingerprint density at radius 1 is 1.59 bits per heavy atom. The average Bonchev–Trinajstić information content (AvgIpc) is 2.30. The van der Waals surface area contributed by atoms with E-state index in [-0.39, 0.29) is 11.6 Å². The highest BCUT2D eigenvalue weighted by Crippen LogP contribution is 2.26. The first-order chi connectivity index (χ1) is 7.99. The fourth-order valence-corrected chi connectivity index (χ4v) is 1.60. The van der Waals surface area contributed by atoms with E-state index in [2.05, 4.69) is 21.1 Å². The highest BCUT2D eigenvalue weighted by Gasteiger charge is 2.18. The molecule has 1 unspecified atom stereocenters. The molecule has 17 heavy (non-hydrogen) atoms. The molecule has 1 aromatic rings. The van der Waals surface area contributed by atoms with Crippen LogP contribution in [0.4, 0.5) is 8.78 Å². The van der Waals surface area contributed by atoms with E-state index in [9.17, 15) is 8.78 Å². The van der Waals surface area contributed by atoms with Crippen molar-refractivity contribution >= 4 is 21.8 Å². The Kier molecular flexibility index (Phi) is 4.68. The fourth-order valence-electron chi connectivity index (χ4n) is 1.19. The maximum Gasteiger partial charge on any atom is 0.200 e. The Morgan fingerprint density at radius 2 is 2.24 bits per heavy atom. The van der Waals surface area contributed by atoms with Crippen molar-refractivity contribution in [2.75, 3.05) is 0 Å². The summed E-state index contributed by atoms with van der Waals surface area (Å²) in [6.45, 7) is 1.70. The van der Waals surface area contributed by atoms with E-state index in [0.29, 0.717) is 10.9 Å². The van der Waals surface area contributed by atoms with Gasteiger partial charge in [0.05, 0.1) is 0 Å². The molecule has 0 aliphatic carbocycles. The van der Waals surface area contributed by atoms with E-state index in [1.807, 2.05) is 0 Å². The van der Waals surface area contributed by atoms with E-state index in [1.54, 1.807) is 6.92 Å². The molecule has 3 N–H and O–H groups in total. The van der Waals surface area contributed by atoms with Crippen LogP contribution in [-0.4, -0.2) is 17.1 Å². The highest BCUT2D eigenvalue weighted by atomic mass is 79.9. The maximum atomic E-state index is 13.4. The quantitative estimate of drug-likeness (QED) is 0.295. The molecule has 0 aromatic heterocycles. The zero-order valence-electron chi connectivity index (χ0n) is 8.95. The van der Waals surface area contributed by atoms with E-state index < -0.39 is 17.7 Å². The molecule has 7 heteroatoms. The predicted octanol–water partition coefficient (Wildman–Crippen LogP) is 2.63. The molecule has 0 spiro atoms. The van der Waals surface area contributed by atoms with E-state index in [4.69, 9.17) is 15.7 Å². The van der Waals surface area contributed by atoms with Gasteiger partial charge in [-0.3, -0.25) is 0 Å². The van der Waals surface area contributed by atoms with Gasteiger partial charge < -0.3 is 15.7 Å². The molecule has 4 nitrogen and oxygen atoms in total. The summed E-state index contributed by atoms with van der Waals surface area (Å²) >= 11 is 3.02. The first-order valence-corrected chi connectivity index (χ1v) is 5.57. The van der Waals surface area contributed by atoms with E-state index in [0.717, 1.165) is 6.07 Å². The Balaban J connectivity index is 3.01. The summed E-state index contributed by atoms with van der Waals surface area (Å²) < 4.78 is 31.9. The number of amidine groups is 1. The third kappa shape index (κ3) is 3.29. The van der Waals surface area contributed by atoms with Gasteiger partial charge in [0.2, 0.25) is 5.82 Å². The van der Waals surface area contributed by atoms with Gasteiger partial charge in [0.1, 0.15) is 0 Å². The largest absolute Gasteiger partial charge is 0.479 e. The number of nitrogens with zero attached hydrogens (tertiary/aromatic N) is 1. The van der Waals surface area contributed by atoms with E-state index in [1.165, 1.54) is 6.07 Å². The molecular formula is C10H11BrF2N2O2. The summed E-state index contributed by atoms with van der Waals surface area (Å²) in [5.41, 5.74) is 5.35. The van der Waals surface area contributed by atoms with Crippen LogP contribution in [0.3, 0.4) is 0 Å². The third-order valence-corrected chi connectivity index (χ3v) is 2.50. The van der Waals surface area contributed by atoms with Crippen molar-refractivity contribution in [1.29, 1.82) is 0 Å². The molecule has 0 saturated heterocycles. The molecule has 0 bridgehead atoms. The van der Waals surface area contributed by atoms with Gasteiger partial charge >= 0.3 is 0 Å². The lowest BCUT2D eigenvalue weighted by atomic mass is 10.2. The summed E-state index contributed by atoms with van der Waals surface area (Å²) in [5.74, 6) is -2.65. The van der Waals surface area contributed by atoms with Gasteiger partial charge in [-0.1, -0.05) is 28.0 Å². The fraction of sp³-hybridized carbons (Fsp3) is 0.300. The first kappa shape index (κ1) is 13.7. The van der Waals surface area contributed by atoms with E-state index >= 15 is 0 Å². The highest BCUT2D eigenvalue weighted by molar-refractivity contribution is 9.10. The minimum atomic E-state index is -1.11. The molecule has 0 saturated carbocycles. The molecule has 1 atom stereocenters. The zero-order valence-corrected chi connectivity index (χ0v) is 10.5. The molecule has 0 amide bonds. The van der Waals surface area contributed by atoms with Crippen LogP contribution in [0.15, 0.2) is 21.8 Å². The van der Waals surface area contributed by atoms with Crippen molar-refractivity contribution in [1.82, 2.24) is 0 Å². The predicted molar refractivity (Wildman–Crippen MR) is 62.2 cm³/mol. The lowest BCUT2D eigenvalue weighted by Gasteiger charge is -2.16. The van der Waals surface area contributed by atoms with Crippen LogP contribution in [-0.2, 0) is 0 Å². The number of rotatable bonds is 4. The number of halogens is 3. The standard InChI is InChI=1S/C10H11BrF2N2O2/c1-2-7(10(14)15-16)17-8-4-5(11)3-6(12)9(8)13/h3-4,7,16H,2H2,1H3,(H2,14,15). The molecule has 1 aromatic carbocycles. The normalized spacial score (nSPS) is 13.5. The minimum Gasteiger partial charge on any atom is -0.479 e. The molecule has 1 rings (SSSR count). The number of nitrogens with two attached hydrogens (primary N) is 1. The average molecular weight is 309 g/mol. The van der Waals surface area contributed by atoms with Crippen LogP contribution in [0.1, 0.15) is 13.3 Å². The van der Waals surface area contributed by atoms with Crippen LogP contribution in [0.2, 0.25) is 0 Å². The van der Waals surface area contributed by atoms with Crippen molar-refractivity contribution in [3.05, 3.63) is 28.2 Å². The third-order valence-electron chi connectivity index (χ3n) is 2.04. The smallest absolute Gasteiger partial charge is 0.200 e. The molecule has 0 heterocycles. The molecule has 0 aliphatic rings. The van der Waals surface area contributed by atoms with Crippen molar-refractivity contribution in [3.8, 4) is 5.75 Å². The van der Waals surface area contributed by atoms with Crippen molar-refractivity contribution in [3.63, 3.8) is 0 Å². The topological polar surface area (TPSA) is 67.8 Å². The van der Waals surface area contributed by atoms with Gasteiger partial charge in [0, 0.05) is 4.47 Å². The van der Waals surface area contributed by atoms with Gasteiger partial charge in [-0.05, 0) is 18.6 Å². The van der Waals surface area contributed by atoms with Gasteiger partial charge in [-0.25, -0.2) is 4.39 Å². The van der Waals surface area contributed by atoms with Crippen LogP contribution < -0.4 is 10.5 Å². The van der Waals surface area contributed by atoms with Gasteiger partial charge in [0.15, 0.2) is 23.5 Å². The second-order valence-electron chi connectivity index (χ2n) is 3.24. The number of ether oxygens (including phenoxy) is 1. The molecule has 0 fully saturated rings. The summed E-state index contributed by atoms with van der Waals surface area (Å²) in [6, 6.07) is 2.25. The Hall–Kier alpha value is -1.37. The van der Waals surface area contributed by atoms with Crippen molar-refractivity contribution in [2.45, 2.75) is 19.4 Å². The van der Waals surface area contributed by atoms with Crippen LogP contribution in [0, 0.1) is 11.6 Å². The Bertz CT molecular complexity index is 441. The zero-order chi connectivity index (χ0) is 13.0. The number of hydrogen-bond donors (Lipinski definition) is 2. The summed E-state index contributed by atoms with van der Waals surface area (Å²) in [7, 11) is 0. The summed E-state index contributed by atoms with van der Waals surface area (Å²) in [4.78, 5) is 0. The lowest BCUT2D eigenvalue weighted by Crippen LogP contribution is -2.33. The molecular weight excluding hydrogens is 298 g/mol. The monoisotopic (exact) mass is 308 g/mol. The Morgan fingerprint density at radius 3 is 2.76 bits per heavy atom. The molecule has 0 radical (unpaired) electrons. The number of oxime groups is 1. The second-order valence-corrected chi connectivity index (χ2v) is 4.16. The van der Waals surface area contributed by atoms with Crippen LogP contribution >= 0.6 is 15.9 Å². The number of benzene rings is 1. The van der Waals surface area contributed by atoms with Crippen LogP contribution in [0.25, 0.3) is 0 Å². The van der Waals surface area contributed by atoms with Crippen LogP contribution in [0.5, 0.6) is 5.75 Å². The van der Waals surface area contributed by atoms with Gasteiger partial charge in [-0.2, -0.15) is 4.39 Å².